The summed E-state index contributed by atoms with van der Waals surface area (Å²) in [5.74, 6) is -0.554. The number of esters is 1. The molecular formula is C9H13NO4S. The van der Waals surface area contributed by atoms with Gasteiger partial charge in [-0.15, -0.1) is 0 Å². The molecule has 1 N–H and O–H groups in total. The lowest BCUT2D eigenvalue weighted by molar-refractivity contribution is -0.149. The molecule has 0 amide bonds. The van der Waals surface area contributed by atoms with Gasteiger partial charge in [-0.25, -0.2) is 13.2 Å². The molecule has 0 bridgehead atoms. The first-order valence-corrected chi connectivity index (χ1v) is 5.88. The second-order valence-electron chi connectivity index (χ2n) is 4.07. The number of rotatable bonds is 1. The lowest BCUT2D eigenvalue weighted by atomic mass is 10.2. The van der Waals surface area contributed by atoms with Gasteiger partial charge in [0.25, 0.3) is 10.0 Å². The van der Waals surface area contributed by atoms with E-state index in [0.717, 1.165) is 11.6 Å². The fourth-order valence-corrected chi connectivity index (χ4v) is 1.56. The van der Waals surface area contributed by atoms with Crippen molar-refractivity contribution in [3.63, 3.8) is 0 Å². The van der Waals surface area contributed by atoms with Crippen LogP contribution in [0.25, 0.3) is 0 Å². The van der Waals surface area contributed by atoms with Crippen LogP contribution >= 0.6 is 0 Å². The van der Waals surface area contributed by atoms with Crippen LogP contribution in [0.2, 0.25) is 0 Å². The second-order valence-corrected chi connectivity index (χ2v) is 5.67. The van der Waals surface area contributed by atoms with Crippen molar-refractivity contribution >= 4 is 16.0 Å². The molecule has 0 aromatic heterocycles. The van der Waals surface area contributed by atoms with Gasteiger partial charge in [-0.1, -0.05) is 0 Å². The van der Waals surface area contributed by atoms with Crippen molar-refractivity contribution in [1.29, 1.82) is 0 Å². The summed E-state index contributed by atoms with van der Waals surface area (Å²) in [5, 5.41) is 0.923. The molecule has 1 rings (SSSR count). The third-order valence-corrected chi connectivity index (χ3v) is 2.38. The van der Waals surface area contributed by atoms with E-state index < -0.39 is 21.6 Å². The molecule has 1 heterocycles. The van der Waals surface area contributed by atoms with Gasteiger partial charge in [0.15, 0.2) is 0 Å². The molecule has 5 nitrogen and oxygen atoms in total. The summed E-state index contributed by atoms with van der Waals surface area (Å²) >= 11 is 0. The molecule has 0 unspecified atom stereocenters. The molecule has 1 aliphatic heterocycles. The fraction of sp³-hybridized carbons (Fsp3) is 0.444. The molecule has 0 aromatic carbocycles. The maximum atomic E-state index is 11.4. The number of ether oxygens (including phenoxy) is 1. The molecule has 0 saturated carbocycles. The van der Waals surface area contributed by atoms with E-state index in [4.69, 9.17) is 4.74 Å². The summed E-state index contributed by atoms with van der Waals surface area (Å²) in [7, 11) is -3.41. The summed E-state index contributed by atoms with van der Waals surface area (Å²) in [5.41, 5.74) is -0.415. The van der Waals surface area contributed by atoms with Crippen LogP contribution in [0.4, 0.5) is 0 Å². The minimum atomic E-state index is -3.41. The van der Waals surface area contributed by atoms with Crippen LogP contribution in [-0.4, -0.2) is 20.0 Å². The van der Waals surface area contributed by atoms with Gasteiger partial charge in [0.1, 0.15) is 5.60 Å². The highest BCUT2D eigenvalue weighted by molar-refractivity contribution is 7.92. The molecule has 6 heteroatoms. The Morgan fingerprint density at radius 1 is 1.40 bits per heavy atom. The third kappa shape index (κ3) is 3.75. The van der Waals surface area contributed by atoms with Gasteiger partial charge in [-0.3, -0.25) is 4.72 Å². The molecule has 1 aliphatic rings. The first-order valence-electron chi connectivity index (χ1n) is 4.33. The normalized spacial score (nSPS) is 19.0. The maximum absolute atomic E-state index is 11.4. The van der Waals surface area contributed by atoms with Gasteiger partial charge < -0.3 is 4.74 Å². The van der Waals surface area contributed by atoms with Crippen molar-refractivity contribution in [2.75, 3.05) is 0 Å². The van der Waals surface area contributed by atoms with Crippen molar-refractivity contribution in [2.24, 2.45) is 0 Å². The van der Waals surface area contributed by atoms with Crippen molar-refractivity contribution in [3.8, 4) is 0 Å². The average Bonchev–Trinajstić information content (AvgIpc) is 2.00. The van der Waals surface area contributed by atoms with E-state index in [9.17, 15) is 13.2 Å². The molecule has 84 valence electrons. The monoisotopic (exact) mass is 231 g/mol. The Kier molecular flexibility index (Phi) is 2.90. The third-order valence-electron chi connectivity index (χ3n) is 1.44. The molecule has 0 radical (unpaired) electrons. The van der Waals surface area contributed by atoms with Gasteiger partial charge >= 0.3 is 5.97 Å². The Bertz CT molecular complexity index is 426. The van der Waals surface area contributed by atoms with E-state index in [1.165, 1.54) is 6.08 Å². The number of nitrogens with one attached hydrogen (secondary N) is 1. The molecule has 0 fully saturated rings. The van der Waals surface area contributed by atoms with Crippen LogP contribution in [0, 0.1) is 0 Å². The highest BCUT2D eigenvalue weighted by Crippen LogP contribution is 2.13. The Hall–Kier alpha value is -1.30. The SMILES string of the molecule is CC(C)(C)OC(=O)C1=CNS(=O)(=O)C=C1. The molecule has 0 spiro atoms. The highest BCUT2D eigenvalue weighted by atomic mass is 32.2. The van der Waals surface area contributed by atoms with E-state index in [0.29, 0.717) is 0 Å². The summed E-state index contributed by atoms with van der Waals surface area (Å²) in [6, 6.07) is 0. The molecule has 0 aromatic rings. The minimum absolute atomic E-state index is 0.180. The molecule has 0 aliphatic carbocycles. The molecule has 0 saturated heterocycles. The van der Waals surface area contributed by atoms with Crippen LogP contribution < -0.4 is 4.72 Å². The van der Waals surface area contributed by atoms with E-state index in [2.05, 4.69) is 4.72 Å². The topological polar surface area (TPSA) is 72.5 Å². The summed E-state index contributed by atoms with van der Waals surface area (Å²) in [4.78, 5) is 11.4. The lowest BCUT2D eigenvalue weighted by Gasteiger charge is -2.20. The van der Waals surface area contributed by atoms with Gasteiger partial charge in [-0.05, 0) is 26.8 Å². The summed E-state index contributed by atoms with van der Waals surface area (Å²) in [6.45, 7) is 5.21. The van der Waals surface area contributed by atoms with Crippen LogP contribution in [0.15, 0.2) is 23.3 Å². The number of hydrogen-bond donors (Lipinski definition) is 1. The van der Waals surface area contributed by atoms with Crippen LogP contribution in [0.5, 0.6) is 0 Å². The van der Waals surface area contributed by atoms with Gasteiger partial charge in [-0.2, -0.15) is 0 Å². The Morgan fingerprint density at radius 3 is 2.40 bits per heavy atom. The van der Waals surface area contributed by atoms with Crippen molar-refractivity contribution in [2.45, 2.75) is 26.4 Å². The zero-order valence-corrected chi connectivity index (χ0v) is 9.59. The van der Waals surface area contributed by atoms with Gasteiger partial charge in [0, 0.05) is 6.20 Å². The Balaban J connectivity index is 2.74. The zero-order chi connectivity index (χ0) is 11.7. The summed E-state index contributed by atoms with van der Waals surface area (Å²) < 4.78 is 29.0. The van der Waals surface area contributed by atoms with Crippen molar-refractivity contribution in [1.82, 2.24) is 4.72 Å². The maximum Gasteiger partial charge on any atom is 0.340 e. The van der Waals surface area contributed by atoms with Gasteiger partial charge in [0.2, 0.25) is 0 Å². The molecular weight excluding hydrogens is 218 g/mol. The van der Waals surface area contributed by atoms with E-state index >= 15 is 0 Å². The van der Waals surface area contributed by atoms with Crippen LogP contribution in [-0.2, 0) is 19.6 Å². The predicted octanol–water partition coefficient (Wildman–Crippen LogP) is 0.659. The number of hydrogen-bond acceptors (Lipinski definition) is 4. The largest absolute Gasteiger partial charge is 0.456 e. The average molecular weight is 231 g/mol. The Morgan fingerprint density at radius 2 is 2.00 bits per heavy atom. The van der Waals surface area contributed by atoms with Crippen molar-refractivity contribution in [3.05, 3.63) is 23.3 Å². The number of carbonyl (C=O) groups is 1. The lowest BCUT2D eigenvalue weighted by Crippen LogP contribution is -2.27. The number of sulfonamides is 1. The van der Waals surface area contributed by atoms with Gasteiger partial charge in [0.05, 0.1) is 11.0 Å². The van der Waals surface area contributed by atoms with E-state index in [1.807, 2.05) is 0 Å². The molecule has 15 heavy (non-hydrogen) atoms. The predicted molar refractivity (Wildman–Crippen MR) is 55.1 cm³/mol. The van der Waals surface area contributed by atoms with Crippen LogP contribution in [0.1, 0.15) is 20.8 Å². The van der Waals surface area contributed by atoms with Crippen LogP contribution in [0.3, 0.4) is 0 Å². The van der Waals surface area contributed by atoms with E-state index in [-0.39, 0.29) is 5.57 Å². The highest BCUT2D eigenvalue weighted by Gasteiger charge is 2.21. The smallest absolute Gasteiger partial charge is 0.340 e. The first-order chi connectivity index (χ1) is 6.70. The molecule has 0 atom stereocenters. The minimum Gasteiger partial charge on any atom is -0.456 e. The summed E-state index contributed by atoms with van der Waals surface area (Å²) in [6.07, 6.45) is 2.32. The fourth-order valence-electron chi connectivity index (χ4n) is 0.860. The zero-order valence-electron chi connectivity index (χ0n) is 8.77. The van der Waals surface area contributed by atoms with Crippen molar-refractivity contribution < 1.29 is 17.9 Å². The number of carbonyl (C=O) groups excluding carboxylic acids is 1. The quantitative estimate of drug-likeness (QED) is 0.673. The standard InChI is InChI=1S/C9H13NO4S/c1-9(2,3)14-8(11)7-4-5-15(12,13)10-6-7/h4-6,10H,1-3H3. The second kappa shape index (κ2) is 3.69. The first kappa shape index (κ1) is 11.8. The van der Waals surface area contributed by atoms with E-state index in [1.54, 1.807) is 20.8 Å². The Labute approximate surface area is 88.9 Å².